The molecule has 3 rings (SSSR count). The summed E-state index contributed by atoms with van der Waals surface area (Å²) in [6, 6.07) is 17.3. The van der Waals surface area contributed by atoms with E-state index in [1.54, 1.807) is 60.7 Å². The minimum absolute atomic E-state index is 0.0361. The molecule has 29 heavy (non-hydrogen) atoms. The van der Waals surface area contributed by atoms with Gasteiger partial charge in [0.1, 0.15) is 17.4 Å². The molecule has 7 heteroatoms. The first-order chi connectivity index (χ1) is 14.0. The van der Waals surface area contributed by atoms with E-state index < -0.39 is 11.5 Å². The zero-order valence-corrected chi connectivity index (χ0v) is 15.6. The van der Waals surface area contributed by atoms with Gasteiger partial charge in [0.2, 0.25) is 0 Å². The Morgan fingerprint density at radius 2 is 1.86 bits per heavy atom. The van der Waals surface area contributed by atoms with Crippen LogP contribution in [0.15, 0.2) is 59.4 Å². The minimum Gasteiger partial charge on any atom is -0.494 e. The van der Waals surface area contributed by atoms with Gasteiger partial charge in [-0.05, 0) is 36.8 Å². The lowest BCUT2D eigenvalue weighted by molar-refractivity contribution is 0.0688. The molecule has 0 aliphatic heterocycles. The largest absolute Gasteiger partial charge is 0.494 e. The molecular weight excluding hydrogens is 370 g/mol. The average Bonchev–Trinajstić information content (AvgIpc) is 2.74. The molecule has 0 amide bonds. The number of benzene rings is 2. The molecule has 0 atom stereocenters. The van der Waals surface area contributed by atoms with Crippen molar-refractivity contribution in [1.29, 1.82) is 5.26 Å². The van der Waals surface area contributed by atoms with Gasteiger partial charge in [0.15, 0.2) is 5.69 Å². The Morgan fingerprint density at radius 1 is 1.17 bits per heavy atom. The highest BCUT2D eigenvalue weighted by Gasteiger charge is 2.21. The van der Waals surface area contributed by atoms with Gasteiger partial charge in [0.05, 0.1) is 12.3 Å². The normalized spacial score (nSPS) is 10.6. The van der Waals surface area contributed by atoms with Gasteiger partial charge >= 0.3 is 5.97 Å². The summed E-state index contributed by atoms with van der Waals surface area (Å²) >= 11 is 0. The Hall–Kier alpha value is -4.18. The van der Waals surface area contributed by atoms with Crippen molar-refractivity contribution in [3.05, 3.63) is 87.3 Å². The van der Waals surface area contributed by atoms with E-state index in [9.17, 15) is 20.0 Å². The van der Waals surface area contributed by atoms with Crippen molar-refractivity contribution in [2.75, 3.05) is 6.61 Å². The Balaban J connectivity index is 2.11. The van der Waals surface area contributed by atoms with Crippen molar-refractivity contribution in [2.45, 2.75) is 6.92 Å². The molecule has 0 aliphatic carbocycles. The molecule has 0 unspecified atom stereocenters. The van der Waals surface area contributed by atoms with E-state index in [0.29, 0.717) is 18.0 Å². The molecule has 0 radical (unpaired) electrons. The highest BCUT2D eigenvalue weighted by atomic mass is 16.5. The molecular formula is C22H17N3O4. The van der Waals surface area contributed by atoms with Crippen LogP contribution in [0.5, 0.6) is 5.75 Å². The van der Waals surface area contributed by atoms with Gasteiger partial charge in [0.25, 0.3) is 5.56 Å². The van der Waals surface area contributed by atoms with Crippen molar-refractivity contribution < 1.29 is 14.6 Å². The van der Waals surface area contributed by atoms with E-state index in [1.807, 2.05) is 13.0 Å². The highest BCUT2D eigenvalue weighted by molar-refractivity contribution is 5.92. The standard InChI is InChI=1S/C22H17N3O4/c1-2-29-17-11-8-15(9-12-17)10-13-18-19(14-23)21(26)25(24-20(18)22(27)28)16-6-4-3-5-7-16/h3-13H,2H2,1H3,(H,27,28)/b13-10-. The smallest absolute Gasteiger partial charge is 0.357 e. The summed E-state index contributed by atoms with van der Waals surface area (Å²) in [5.74, 6) is -0.627. The summed E-state index contributed by atoms with van der Waals surface area (Å²) in [6.07, 6.45) is 3.04. The van der Waals surface area contributed by atoms with E-state index in [2.05, 4.69) is 5.10 Å². The summed E-state index contributed by atoms with van der Waals surface area (Å²) in [5, 5.41) is 23.1. The topological polar surface area (TPSA) is 105 Å². The molecule has 1 N–H and O–H groups in total. The Bertz CT molecular complexity index is 1160. The number of ether oxygens (including phenoxy) is 1. The summed E-state index contributed by atoms with van der Waals surface area (Å²) < 4.78 is 6.31. The van der Waals surface area contributed by atoms with Gasteiger partial charge in [-0.15, -0.1) is 0 Å². The third-order valence-electron chi connectivity index (χ3n) is 4.08. The number of rotatable bonds is 6. The van der Waals surface area contributed by atoms with Crippen LogP contribution in [0.2, 0.25) is 0 Å². The lowest BCUT2D eigenvalue weighted by atomic mass is 10.1. The maximum Gasteiger partial charge on any atom is 0.357 e. The van der Waals surface area contributed by atoms with Gasteiger partial charge in [-0.3, -0.25) is 4.79 Å². The van der Waals surface area contributed by atoms with Crippen LogP contribution >= 0.6 is 0 Å². The average molecular weight is 387 g/mol. The number of carbonyl (C=O) groups is 1. The van der Waals surface area contributed by atoms with Crippen LogP contribution in [0.4, 0.5) is 0 Å². The Kier molecular flexibility index (Phi) is 5.85. The Morgan fingerprint density at radius 3 is 2.45 bits per heavy atom. The van der Waals surface area contributed by atoms with Crippen molar-refractivity contribution in [3.8, 4) is 17.5 Å². The fourth-order valence-corrected chi connectivity index (χ4v) is 2.73. The van der Waals surface area contributed by atoms with Gasteiger partial charge in [-0.1, -0.05) is 42.5 Å². The highest BCUT2D eigenvalue weighted by Crippen LogP contribution is 2.18. The fraction of sp³-hybridized carbons (Fsp3) is 0.0909. The SMILES string of the molecule is CCOc1ccc(/C=C\c2c(C(=O)O)nn(-c3ccccc3)c(=O)c2C#N)cc1. The summed E-state index contributed by atoms with van der Waals surface area (Å²) in [6.45, 7) is 2.43. The van der Waals surface area contributed by atoms with Crippen molar-refractivity contribution in [3.63, 3.8) is 0 Å². The van der Waals surface area contributed by atoms with Gasteiger partial charge in [-0.2, -0.15) is 15.0 Å². The zero-order chi connectivity index (χ0) is 20.8. The zero-order valence-electron chi connectivity index (χ0n) is 15.6. The van der Waals surface area contributed by atoms with E-state index >= 15 is 0 Å². The van der Waals surface area contributed by atoms with E-state index in [4.69, 9.17) is 4.74 Å². The third kappa shape index (κ3) is 4.22. The molecule has 1 heterocycles. The maximum atomic E-state index is 12.8. The third-order valence-corrected chi connectivity index (χ3v) is 4.08. The number of hydrogen-bond acceptors (Lipinski definition) is 5. The number of hydrogen-bond donors (Lipinski definition) is 1. The summed E-state index contributed by atoms with van der Waals surface area (Å²) in [4.78, 5) is 24.5. The first kappa shape index (κ1) is 19.6. The number of aromatic carboxylic acids is 1. The monoisotopic (exact) mass is 387 g/mol. The van der Waals surface area contributed by atoms with E-state index in [1.165, 1.54) is 6.08 Å². The molecule has 0 fully saturated rings. The number of carboxylic acid groups (broad SMARTS) is 1. The summed E-state index contributed by atoms with van der Waals surface area (Å²) in [7, 11) is 0. The van der Waals surface area contributed by atoms with Crippen LogP contribution < -0.4 is 10.3 Å². The molecule has 0 bridgehead atoms. The molecule has 144 valence electrons. The van der Waals surface area contributed by atoms with Crippen LogP contribution in [0.25, 0.3) is 17.8 Å². The number of nitriles is 1. The van der Waals surface area contributed by atoms with Gasteiger partial charge < -0.3 is 9.84 Å². The molecule has 0 spiro atoms. The van der Waals surface area contributed by atoms with Crippen LogP contribution in [-0.4, -0.2) is 27.5 Å². The second kappa shape index (κ2) is 8.67. The van der Waals surface area contributed by atoms with Crippen molar-refractivity contribution in [1.82, 2.24) is 9.78 Å². The molecule has 0 saturated heterocycles. The van der Waals surface area contributed by atoms with Crippen molar-refractivity contribution in [2.24, 2.45) is 0 Å². The van der Waals surface area contributed by atoms with E-state index in [0.717, 1.165) is 10.2 Å². The van der Waals surface area contributed by atoms with Gasteiger partial charge in [-0.25, -0.2) is 4.79 Å². The lowest BCUT2D eigenvalue weighted by Crippen LogP contribution is -2.28. The van der Waals surface area contributed by atoms with Crippen molar-refractivity contribution >= 4 is 18.1 Å². The summed E-state index contributed by atoms with van der Waals surface area (Å²) in [5.41, 5.74) is -0.267. The second-order valence-corrected chi connectivity index (χ2v) is 5.94. The molecule has 7 nitrogen and oxygen atoms in total. The number of aromatic nitrogens is 2. The number of nitrogens with zero attached hydrogens (tertiary/aromatic N) is 3. The predicted molar refractivity (Wildman–Crippen MR) is 108 cm³/mol. The van der Waals surface area contributed by atoms with Crippen LogP contribution in [-0.2, 0) is 0 Å². The second-order valence-electron chi connectivity index (χ2n) is 5.94. The quantitative estimate of drug-likeness (QED) is 0.695. The molecule has 0 saturated carbocycles. The maximum absolute atomic E-state index is 12.8. The Labute approximate surface area is 166 Å². The first-order valence-corrected chi connectivity index (χ1v) is 8.82. The molecule has 0 aliphatic rings. The van der Waals surface area contributed by atoms with Gasteiger partial charge in [0, 0.05) is 5.56 Å². The van der Waals surface area contributed by atoms with E-state index in [-0.39, 0.29) is 16.8 Å². The van der Waals surface area contributed by atoms with Crippen LogP contribution in [0, 0.1) is 11.3 Å². The van der Waals surface area contributed by atoms with Crippen LogP contribution in [0.1, 0.15) is 34.1 Å². The fourth-order valence-electron chi connectivity index (χ4n) is 2.73. The molecule has 2 aromatic carbocycles. The number of para-hydroxylation sites is 1. The van der Waals surface area contributed by atoms with Crippen LogP contribution in [0.3, 0.4) is 0 Å². The minimum atomic E-state index is -1.34. The first-order valence-electron chi connectivity index (χ1n) is 8.82. The predicted octanol–water partition coefficient (Wildman–Crippen LogP) is 3.37. The number of carboxylic acids is 1. The molecule has 3 aromatic rings. The molecule has 1 aromatic heterocycles. The lowest BCUT2D eigenvalue weighted by Gasteiger charge is -2.09.